The molecule has 1 aliphatic rings. The van der Waals surface area contributed by atoms with Gasteiger partial charge in [-0.15, -0.1) is 0 Å². The second kappa shape index (κ2) is 5.28. The van der Waals surface area contributed by atoms with Gasteiger partial charge in [0.2, 0.25) is 0 Å². The zero-order chi connectivity index (χ0) is 14.0. The van der Waals surface area contributed by atoms with E-state index in [1.54, 1.807) is 0 Å². The van der Waals surface area contributed by atoms with Crippen molar-refractivity contribution in [1.29, 1.82) is 0 Å². The predicted octanol–water partition coefficient (Wildman–Crippen LogP) is 3.93. The number of fused-ring (bicyclic) bond motifs is 1. The summed E-state index contributed by atoms with van der Waals surface area (Å²) in [7, 11) is 0. The molecule has 0 heterocycles. The van der Waals surface area contributed by atoms with Crippen LogP contribution in [0.4, 0.5) is 0 Å². The van der Waals surface area contributed by atoms with Crippen LogP contribution in [0.15, 0.2) is 24.3 Å². The zero-order valence-electron chi connectivity index (χ0n) is 12.0. The summed E-state index contributed by atoms with van der Waals surface area (Å²) in [5.74, 6) is 0.662. The van der Waals surface area contributed by atoms with E-state index < -0.39 is 5.41 Å². The van der Waals surface area contributed by atoms with Crippen molar-refractivity contribution in [1.82, 2.24) is 0 Å². The van der Waals surface area contributed by atoms with E-state index in [0.717, 1.165) is 30.4 Å². The van der Waals surface area contributed by atoms with Crippen LogP contribution < -0.4 is 0 Å². The SMILES string of the molecule is CCC1(CCC(C)C)C(=O)CC(=O)c2ccccc21. The first-order valence-electron chi connectivity index (χ1n) is 7.17. The highest BCUT2D eigenvalue weighted by atomic mass is 16.2. The van der Waals surface area contributed by atoms with Gasteiger partial charge in [0.05, 0.1) is 11.8 Å². The van der Waals surface area contributed by atoms with E-state index in [-0.39, 0.29) is 18.0 Å². The van der Waals surface area contributed by atoms with Crippen LogP contribution in [0.3, 0.4) is 0 Å². The molecular weight excluding hydrogens is 236 g/mol. The fourth-order valence-corrected chi connectivity index (χ4v) is 3.08. The Bertz CT molecular complexity index is 502. The van der Waals surface area contributed by atoms with Gasteiger partial charge >= 0.3 is 0 Å². The molecule has 0 spiro atoms. The average molecular weight is 258 g/mol. The number of rotatable bonds is 4. The summed E-state index contributed by atoms with van der Waals surface area (Å²) in [6, 6.07) is 7.65. The van der Waals surface area contributed by atoms with E-state index in [9.17, 15) is 9.59 Å². The molecule has 1 aromatic rings. The summed E-state index contributed by atoms with van der Waals surface area (Å²) in [5.41, 5.74) is 1.28. The van der Waals surface area contributed by atoms with Crippen LogP contribution in [0.25, 0.3) is 0 Å². The van der Waals surface area contributed by atoms with Gasteiger partial charge < -0.3 is 0 Å². The molecule has 0 amide bonds. The van der Waals surface area contributed by atoms with Crippen LogP contribution >= 0.6 is 0 Å². The number of hydrogen-bond donors (Lipinski definition) is 0. The number of ketones is 2. The minimum Gasteiger partial charge on any atom is -0.298 e. The Hall–Kier alpha value is -1.44. The van der Waals surface area contributed by atoms with Gasteiger partial charge in [0, 0.05) is 5.56 Å². The third kappa shape index (κ3) is 2.36. The van der Waals surface area contributed by atoms with Crippen LogP contribution in [-0.4, -0.2) is 11.6 Å². The zero-order valence-corrected chi connectivity index (χ0v) is 12.0. The van der Waals surface area contributed by atoms with Crippen molar-refractivity contribution >= 4 is 11.6 Å². The summed E-state index contributed by atoms with van der Waals surface area (Å²) in [4.78, 5) is 24.5. The van der Waals surface area contributed by atoms with E-state index in [0.29, 0.717) is 5.92 Å². The lowest BCUT2D eigenvalue weighted by Gasteiger charge is -2.37. The molecule has 0 saturated heterocycles. The van der Waals surface area contributed by atoms with Crippen LogP contribution in [0.5, 0.6) is 0 Å². The Balaban J connectivity index is 2.49. The van der Waals surface area contributed by atoms with Crippen molar-refractivity contribution in [3.05, 3.63) is 35.4 Å². The molecule has 1 unspecified atom stereocenters. The van der Waals surface area contributed by atoms with E-state index in [2.05, 4.69) is 20.8 Å². The maximum Gasteiger partial charge on any atom is 0.170 e. The van der Waals surface area contributed by atoms with E-state index >= 15 is 0 Å². The molecule has 0 bridgehead atoms. The minimum atomic E-state index is -0.436. The Labute approximate surface area is 115 Å². The lowest BCUT2D eigenvalue weighted by Crippen LogP contribution is -2.42. The van der Waals surface area contributed by atoms with Gasteiger partial charge in [-0.3, -0.25) is 9.59 Å². The number of carbonyl (C=O) groups excluding carboxylic acids is 2. The fourth-order valence-electron chi connectivity index (χ4n) is 3.08. The van der Waals surface area contributed by atoms with Crippen molar-refractivity contribution in [3.63, 3.8) is 0 Å². The molecule has 0 saturated carbocycles. The molecule has 0 fully saturated rings. The van der Waals surface area contributed by atoms with Crippen LogP contribution in [-0.2, 0) is 10.2 Å². The lowest BCUT2D eigenvalue weighted by atomic mass is 9.64. The monoisotopic (exact) mass is 258 g/mol. The maximum absolute atomic E-state index is 12.5. The molecule has 19 heavy (non-hydrogen) atoms. The van der Waals surface area contributed by atoms with Crippen molar-refractivity contribution in [2.45, 2.75) is 51.9 Å². The highest BCUT2D eigenvalue weighted by Gasteiger charge is 2.44. The predicted molar refractivity (Wildman–Crippen MR) is 76.4 cm³/mol. The number of benzene rings is 1. The number of hydrogen-bond acceptors (Lipinski definition) is 2. The van der Waals surface area contributed by atoms with Gasteiger partial charge in [-0.1, -0.05) is 45.0 Å². The Morgan fingerprint density at radius 2 is 1.89 bits per heavy atom. The lowest BCUT2D eigenvalue weighted by molar-refractivity contribution is -0.124. The van der Waals surface area contributed by atoms with Crippen molar-refractivity contribution < 1.29 is 9.59 Å². The van der Waals surface area contributed by atoms with Gasteiger partial charge in [-0.25, -0.2) is 0 Å². The van der Waals surface area contributed by atoms with Crippen molar-refractivity contribution in [3.8, 4) is 0 Å². The third-order valence-electron chi connectivity index (χ3n) is 4.35. The standard InChI is InChI=1S/C17H22O2/c1-4-17(10-9-12(2)3)14-8-6-5-7-13(14)15(18)11-16(17)19/h5-8,12H,4,9-11H2,1-3H3. The quantitative estimate of drug-likeness (QED) is 0.767. The molecule has 0 radical (unpaired) electrons. The maximum atomic E-state index is 12.5. The summed E-state index contributed by atoms with van der Waals surface area (Å²) in [6.07, 6.45) is 2.72. The summed E-state index contributed by atoms with van der Waals surface area (Å²) in [6.45, 7) is 6.41. The Morgan fingerprint density at radius 3 is 2.53 bits per heavy atom. The first kappa shape index (κ1) is 14.0. The molecule has 102 valence electrons. The molecule has 1 aliphatic carbocycles. The van der Waals surface area contributed by atoms with Crippen LogP contribution in [0.1, 0.15) is 62.4 Å². The minimum absolute atomic E-state index is 0.0192. The topological polar surface area (TPSA) is 34.1 Å². The highest BCUT2D eigenvalue weighted by molar-refractivity contribution is 6.16. The molecule has 2 rings (SSSR count). The van der Waals surface area contributed by atoms with Gasteiger partial charge in [0.25, 0.3) is 0 Å². The molecule has 2 nitrogen and oxygen atoms in total. The molecule has 2 heteroatoms. The van der Waals surface area contributed by atoms with Crippen LogP contribution in [0.2, 0.25) is 0 Å². The molecule has 0 aromatic heterocycles. The Kier molecular flexibility index (Phi) is 3.88. The summed E-state index contributed by atoms with van der Waals surface area (Å²) < 4.78 is 0. The van der Waals surface area contributed by atoms with E-state index in [1.807, 2.05) is 24.3 Å². The Morgan fingerprint density at radius 1 is 1.21 bits per heavy atom. The fraction of sp³-hybridized carbons (Fsp3) is 0.529. The van der Waals surface area contributed by atoms with Gasteiger partial charge in [0.1, 0.15) is 0 Å². The van der Waals surface area contributed by atoms with Gasteiger partial charge in [-0.2, -0.15) is 0 Å². The molecule has 1 aromatic carbocycles. The molecule has 0 N–H and O–H groups in total. The summed E-state index contributed by atoms with van der Waals surface area (Å²) in [5, 5.41) is 0. The summed E-state index contributed by atoms with van der Waals surface area (Å²) >= 11 is 0. The van der Waals surface area contributed by atoms with Crippen molar-refractivity contribution in [2.75, 3.05) is 0 Å². The number of Topliss-reactive ketones (excluding diaryl/α,β-unsaturated/α-hetero) is 2. The molecular formula is C17H22O2. The van der Waals surface area contributed by atoms with Gasteiger partial charge in [0.15, 0.2) is 11.6 Å². The first-order valence-corrected chi connectivity index (χ1v) is 7.17. The van der Waals surface area contributed by atoms with E-state index in [1.165, 1.54) is 0 Å². The largest absolute Gasteiger partial charge is 0.298 e. The van der Waals surface area contributed by atoms with Crippen molar-refractivity contribution in [2.24, 2.45) is 5.92 Å². The number of carbonyl (C=O) groups is 2. The first-order chi connectivity index (χ1) is 9.01. The van der Waals surface area contributed by atoms with E-state index in [4.69, 9.17) is 0 Å². The second-order valence-electron chi connectivity index (χ2n) is 5.94. The van der Waals surface area contributed by atoms with Gasteiger partial charge in [-0.05, 0) is 30.7 Å². The van der Waals surface area contributed by atoms with Crippen LogP contribution in [0, 0.1) is 5.92 Å². The normalized spacial score (nSPS) is 22.7. The third-order valence-corrected chi connectivity index (χ3v) is 4.35. The second-order valence-corrected chi connectivity index (χ2v) is 5.94. The smallest absolute Gasteiger partial charge is 0.170 e. The molecule has 1 atom stereocenters. The highest BCUT2D eigenvalue weighted by Crippen LogP contribution is 2.41. The molecule has 0 aliphatic heterocycles. The average Bonchev–Trinajstić information content (AvgIpc) is 2.39.